The van der Waals surface area contributed by atoms with Crippen LogP contribution in [0.3, 0.4) is 0 Å². The minimum Gasteiger partial charge on any atom is -0.493 e. The Balaban J connectivity index is 2.07. The zero-order valence-corrected chi connectivity index (χ0v) is 12.3. The van der Waals surface area contributed by atoms with Gasteiger partial charge in [-0.3, -0.25) is 0 Å². The first-order valence-corrected chi connectivity index (χ1v) is 6.82. The van der Waals surface area contributed by atoms with Crippen LogP contribution in [0.5, 0.6) is 11.5 Å². The van der Waals surface area contributed by atoms with Crippen molar-refractivity contribution < 1.29 is 9.47 Å². The topological polar surface area (TPSA) is 30.5 Å². The fraction of sp³-hybridized carbons (Fsp3) is 0.222. The van der Waals surface area contributed by atoms with Crippen LogP contribution in [0.15, 0.2) is 48.5 Å². The average molecular weight is 281 g/mol. The summed E-state index contributed by atoms with van der Waals surface area (Å²) < 4.78 is 11.1. The lowest BCUT2D eigenvalue weighted by molar-refractivity contribution is 0.327. The van der Waals surface area contributed by atoms with E-state index in [4.69, 9.17) is 9.47 Å². The van der Waals surface area contributed by atoms with E-state index in [1.807, 2.05) is 55.6 Å². The van der Waals surface area contributed by atoms with Gasteiger partial charge in [-0.1, -0.05) is 42.2 Å². The maximum atomic E-state index is 5.79. The molecular weight excluding hydrogens is 262 g/mol. The smallest absolute Gasteiger partial charge is 0.167 e. The van der Waals surface area contributed by atoms with Gasteiger partial charge in [0.25, 0.3) is 0 Å². The van der Waals surface area contributed by atoms with Gasteiger partial charge in [0, 0.05) is 17.7 Å². The zero-order valence-electron chi connectivity index (χ0n) is 12.3. The molecule has 0 aliphatic carbocycles. The van der Waals surface area contributed by atoms with Crippen LogP contribution in [0.4, 0.5) is 0 Å². The maximum absolute atomic E-state index is 5.79. The molecule has 0 radical (unpaired) electrons. The number of methoxy groups -OCH3 is 1. The molecule has 0 heterocycles. The molecule has 0 fully saturated rings. The Kier molecular flexibility index (Phi) is 5.69. The van der Waals surface area contributed by atoms with E-state index < -0.39 is 0 Å². The minimum absolute atomic E-state index is 0.325. The van der Waals surface area contributed by atoms with Crippen LogP contribution in [0, 0.1) is 11.8 Å². The van der Waals surface area contributed by atoms with Crippen molar-refractivity contribution >= 4 is 0 Å². The monoisotopic (exact) mass is 281 g/mol. The number of para-hydroxylation sites is 1. The number of nitrogens with one attached hydrogen (secondary N) is 1. The van der Waals surface area contributed by atoms with Gasteiger partial charge in [-0.2, -0.15) is 0 Å². The van der Waals surface area contributed by atoms with E-state index in [0.717, 1.165) is 29.2 Å². The first-order valence-electron chi connectivity index (χ1n) is 6.82. The molecule has 0 aliphatic rings. The first kappa shape index (κ1) is 15.0. The van der Waals surface area contributed by atoms with E-state index in [0.29, 0.717) is 6.61 Å². The molecule has 0 saturated carbocycles. The van der Waals surface area contributed by atoms with Gasteiger partial charge < -0.3 is 14.8 Å². The summed E-state index contributed by atoms with van der Waals surface area (Å²) in [5.74, 6) is 7.57. The predicted octanol–water partition coefficient (Wildman–Crippen LogP) is 2.85. The van der Waals surface area contributed by atoms with Crippen LogP contribution < -0.4 is 14.8 Å². The van der Waals surface area contributed by atoms with E-state index in [9.17, 15) is 0 Å². The zero-order chi connectivity index (χ0) is 14.9. The van der Waals surface area contributed by atoms with Gasteiger partial charge in [0.2, 0.25) is 0 Å². The van der Waals surface area contributed by atoms with E-state index >= 15 is 0 Å². The number of ether oxygens (including phenoxy) is 2. The van der Waals surface area contributed by atoms with Crippen LogP contribution in [0.2, 0.25) is 0 Å². The van der Waals surface area contributed by atoms with Crippen LogP contribution in [-0.4, -0.2) is 20.8 Å². The second-order valence-electron chi connectivity index (χ2n) is 4.44. The van der Waals surface area contributed by atoms with E-state index in [-0.39, 0.29) is 0 Å². The highest BCUT2D eigenvalue weighted by Crippen LogP contribution is 2.30. The molecule has 108 valence electrons. The van der Waals surface area contributed by atoms with Crippen LogP contribution in [-0.2, 0) is 6.54 Å². The molecule has 0 atom stereocenters. The fourth-order valence-corrected chi connectivity index (χ4v) is 1.98. The van der Waals surface area contributed by atoms with Crippen molar-refractivity contribution in [2.45, 2.75) is 6.54 Å². The molecule has 3 nitrogen and oxygen atoms in total. The molecule has 0 amide bonds. The average Bonchev–Trinajstić information content (AvgIpc) is 2.53. The number of rotatable bonds is 5. The second-order valence-corrected chi connectivity index (χ2v) is 4.44. The van der Waals surface area contributed by atoms with Crippen molar-refractivity contribution in [3.63, 3.8) is 0 Å². The quantitative estimate of drug-likeness (QED) is 0.855. The molecule has 2 aromatic carbocycles. The Bertz CT molecular complexity index is 627. The Morgan fingerprint density at radius 2 is 1.86 bits per heavy atom. The van der Waals surface area contributed by atoms with Crippen molar-refractivity contribution in [1.29, 1.82) is 0 Å². The van der Waals surface area contributed by atoms with Crippen molar-refractivity contribution in [2.24, 2.45) is 0 Å². The van der Waals surface area contributed by atoms with Crippen LogP contribution in [0.25, 0.3) is 0 Å². The number of hydrogen-bond acceptors (Lipinski definition) is 3. The standard InChI is InChI=1S/C18H19NO2/c1-19-14-16-11-6-12-17(20-2)18(16)21-13-7-10-15-8-4-3-5-9-15/h3-6,8-9,11-12,19H,13-14H2,1-2H3. The third-order valence-corrected chi connectivity index (χ3v) is 2.94. The normalized spacial score (nSPS) is 9.62. The van der Waals surface area contributed by atoms with Gasteiger partial charge in [-0.25, -0.2) is 0 Å². The predicted molar refractivity (Wildman–Crippen MR) is 84.6 cm³/mol. The lowest BCUT2D eigenvalue weighted by Crippen LogP contribution is -2.08. The Hall–Kier alpha value is -2.44. The molecule has 0 aromatic heterocycles. The largest absolute Gasteiger partial charge is 0.493 e. The summed E-state index contributed by atoms with van der Waals surface area (Å²) in [6.07, 6.45) is 0. The Morgan fingerprint density at radius 1 is 1.05 bits per heavy atom. The molecule has 0 bridgehead atoms. The molecule has 21 heavy (non-hydrogen) atoms. The maximum Gasteiger partial charge on any atom is 0.167 e. The lowest BCUT2D eigenvalue weighted by Gasteiger charge is -2.13. The summed E-state index contributed by atoms with van der Waals surface area (Å²) in [5.41, 5.74) is 2.04. The fourth-order valence-electron chi connectivity index (χ4n) is 1.98. The molecule has 2 rings (SSSR count). The molecule has 1 N–H and O–H groups in total. The van der Waals surface area contributed by atoms with Gasteiger partial charge in [0.05, 0.1) is 7.11 Å². The third kappa shape index (κ3) is 4.27. The first-order chi connectivity index (χ1) is 10.3. The van der Waals surface area contributed by atoms with E-state index in [1.54, 1.807) is 7.11 Å². The summed E-state index contributed by atoms with van der Waals surface area (Å²) in [6.45, 7) is 1.05. The van der Waals surface area contributed by atoms with Crippen molar-refractivity contribution in [1.82, 2.24) is 5.32 Å². The molecule has 0 saturated heterocycles. The second kappa shape index (κ2) is 7.98. The van der Waals surface area contributed by atoms with Crippen molar-refractivity contribution in [3.05, 3.63) is 59.7 Å². The van der Waals surface area contributed by atoms with Gasteiger partial charge in [-0.15, -0.1) is 0 Å². The van der Waals surface area contributed by atoms with Gasteiger partial charge >= 0.3 is 0 Å². The summed E-state index contributed by atoms with van der Waals surface area (Å²) in [6, 6.07) is 15.7. The summed E-state index contributed by atoms with van der Waals surface area (Å²) in [4.78, 5) is 0. The van der Waals surface area contributed by atoms with Crippen LogP contribution >= 0.6 is 0 Å². The van der Waals surface area contributed by atoms with E-state index in [1.165, 1.54) is 0 Å². The summed E-state index contributed by atoms with van der Waals surface area (Å²) in [7, 11) is 3.54. The van der Waals surface area contributed by atoms with E-state index in [2.05, 4.69) is 17.2 Å². The number of benzene rings is 2. The lowest BCUT2D eigenvalue weighted by atomic mass is 10.2. The highest BCUT2D eigenvalue weighted by Gasteiger charge is 2.09. The Labute approximate surface area is 125 Å². The minimum atomic E-state index is 0.325. The third-order valence-electron chi connectivity index (χ3n) is 2.94. The molecule has 0 spiro atoms. The molecule has 3 heteroatoms. The van der Waals surface area contributed by atoms with Gasteiger partial charge in [0.15, 0.2) is 11.5 Å². The van der Waals surface area contributed by atoms with Crippen molar-refractivity contribution in [3.8, 4) is 23.3 Å². The Morgan fingerprint density at radius 3 is 2.57 bits per heavy atom. The summed E-state index contributed by atoms with van der Waals surface area (Å²) >= 11 is 0. The molecule has 0 aliphatic heterocycles. The molecule has 0 unspecified atom stereocenters. The summed E-state index contributed by atoms with van der Waals surface area (Å²) in [5, 5.41) is 3.12. The van der Waals surface area contributed by atoms with Crippen molar-refractivity contribution in [2.75, 3.05) is 20.8 Å². The van der Waals surface area contributed by atoms with Gasteiger partial charge in [0.1, 0.15) is 6.61 Å². The van der Waals surface area contributed by atoms with Crippen LogP contribution in [0.1, 0.15) is 11.1 Å². The van der Waals surface area contributed by atoms with Gasteiger partial charge in [-0.05, 0) is 25.2 Å². The highest BCUT2D eigenvalue weighted by atomic mass is 16.5. The number of hydrogen-bond donors (Lipinski definition) is 1. The SMILES string of the molecule is CNCc1cccc(OC)c1OCC#Cc1ccccc1. The highest BCUT2D eigenvalue weighted by molar-refractivity contribution is 5.47. The molecular formula is C18H19NO2. The molecule has 2 aromatic rings.